The van der Waals surface area contributed by atoms with Gasteiger partial charge in [-0.05, 0) is 43.9 Å². The minimum Gasteiger partial charge on any atom is -0.460 e. The van der Waals surface area contributed by atoms with Gasteiger partial charge in [0.05, 0.1) is 6.42 Å². The lowest BCUT2D eigenvalue weighted by Gasteiger charge is -2.36. The molecule has 2 aromatic rings. The lowest BCUT2D eigenvalue weighted by atomic mass is 9.72. The number of rotatable bonds is 7. The molecule has 186 valence electrons. The molecule has 0 radical (unpaired) electrons. The van der Waals surface area contributed by atoms with Crippen LogP contribution < -0.4 is 0 Å². The summed E-state index contributed by atoms with van der Waals surface area (Å²) >= 11 is 0. The number of hydrogen-bond donors (Lipinski definition) is 0. The maximum atomic E-state index is 13.6. The molecule has 0 aliphatic carbocycles. The first-order valence-electron chi connectivity index (χ1n) is 11.6. The van der Waals surface area contributed by atoms with Crippen molar-refractivity contribution in [1.82, 2.24) is 0 Å². The zero-order valence-corrected chi connectivity index (χ0v) is 21.0. The largest absolute Gasteiger partial charge is 0.460 e. The van der Waals surface area contributed by atoms with Crippen molar-refractivity contribution >= 4 is 23.7 Å². The summed E-state index contributed by atoms with van der Waals surface area (Å²) in [5.41, 5.74) is 0.631. The molecule has 1 fully saturated rings. The average molecular weight is 481 g/mol. The third kappa shape index (κ3) is 6.56. The highest BCUT2D eigenvalue weighted by atomic mass is 16.7. The third-order valence-electron chi connectivity index (χ3n) is 5.63. The van der Waals surface area contributed by atoms with Gasteiger partial charge in [0.25, 0.3) is 5.79 Å². The molecule has 7 heteroatoms. The third-order valence-corrected chi connectivity index (χ3v) is 5.63. The minimum atomic E-state index is -1.76. The van der Waals surface area contributed by atoms with Crippen molar-refractivity contribution in [2.75, 3.05) is 0 Å². The monoisotopic (exact) mass is 480 g/mol. The number of esters is 3. The Morgan fingerprint density at radius 1 is 0.857 bits per heavy atom. The summed E-state index contributed by atoms with van der Waals surface area (Å²) in [5, 5.41) is 0. The Hall–Kier alpha value is -3.48. The molecule has 2 aromatic carbocycles. The van der Waals surface area contributed by atoms with Gasteiger partial charge in [0, 0.05) is 19.3 Å². The van der Waals surface area contributed by atoms with Crippen LogP contribution in [0, 0.1) is 11.3 Å². The Bertz CT molecular complexity index is 1090. The van der Waals surface area contributed by atoms with E-state index in [4.69, 9.17) is 14.2 Å². The summed E-state index contributed by atoms with van der Waals surface area (Å²) in [5.74, 6) is -6.52. The van der Waals surface area contributed by atoms with Gasteiger partial charge in [-0.3, -0.25) is 19.2 Å². The van der Waals surface area contributed by atoms with Crippen LogP contribution in [0.3, 0.4) is 0 Å². The first-order valence-corrected chi connectivity index (χ1v) is 11.6. The van der Waals surface area contributed by atoms with Crippen molar-refractivity contribution in [3.63, 3.8) is 0 Å². The van der Waals surface area contributed by atoms with Crippen molar-refractivity contribution in [2.24, 2.45) is 11.3 Å². The van der Waals surface area contributed by atoms with E-state index >= 15 is 0 Å². The van der Waals surface area contributed by atoms with Gasteiger partial charge >= 0.3 is 17.9 Å². The summed E-state index contributed by atoms with van der Waals surface area (Å²) < 4.78 is 15.8. The second-order valence-electron chi connectivity index (χ2n) is 10.6. The second kappa shape index (κ2) is 9.64. The van der Waals surface area contributed by atoms with E-state index in [0.29, 0.717) is 0 Å². The van der Waals surface area contributed by atoms with Crippen LogP contribution in [0.2, 0.25) is 0 Å². The Morgan fingerprint density at radius 3 is 1.89 bits per heavy atom. The molecule has 1 aliphatic rings. The first-order chi connectivity index (χ1) is 16.2. The van der Waals surface area contributed by atoms with Crippen molar-refractivity contribution in [1.29, 1.82) is 0 Å². The number of hydrogen-bond acceptors (Lipinski definition) is 7. The van der Waals surface area contributed by atoms with Crippen LogP contribution in [0.5, 0.6) is 0 Å². The van der Waals surface area contributed by atoms with Gasteiger partial charge in [-0.1, -0.05) is 61.5 Å². The maximum absolute atomic E-state index is 13.6. The fraction of sp³-hybridized carbons (Fsp3) is 0.429. The lowest BCUT2D eigenvalue weighted by molar-refractivity contribution is -0.239. The molecule has 0 aromatic heterocycles. The first kappa shape index (κ1) is 26.1. The molecule has 1 heterocycles. The highest BCUT2D eigenvalue weighted by molar-refractivity contribution is 6.18. The molecule has 3 rings (SSSR count). The van der Waals surface area contributed by atoms with Gasteiger partial charge in [0.2, 0.25) is 5.92 Å². The van der Waals surface area contributed by atoms with E-state index in [1.807, 2.05) is 54.6 Å². The van der Waals surface area contributed by atoms with E-state index in [0.717, 1.165) is 16.7 Å². The van der Waals surface area contributed by atoms with E-state index < -0.39 is 46.4 Å². The zero-order valence-electron chi connectivity index (χ0n) is 21.0. The van der Waals surface area contributed by atoms with Gasteiger partial charge in [-0.25, -0.2) is 0 Å². The Balaban J connectivity index is 1.91. The zero-order chi connectivity index (χ0) is 26.0. The number of Topliss-reactive ketones (excluding diaryl/α,β-unsaturated/α-hetero) is 1. The van der Waals surface area contributed by atoms with Crippen LogP contribution in [0.1, 0.15) is 53.5 Å². The molecular formula is C28H32O7. The average Bonchev–Trinajstić information content (AvgIpc) is 2.72. The number of ether oxygens (including phenoxy) is 3. The Kier molecular flexibility index (Phi) is 7.20. The Labute approximate surface area is 205 Å². The van der Waals surface area contributed by atoms with Crippen LogP contribution in [-0.4, -0.2) is 35.1 Å². The SMILES string of the molecule is CC(C)(C)OC(=O)CC(C)(Cc1ccc(-c2ccccc2)cc1)C(=O)C1C(=O)OC(C)(C)OC1=O. The summed E-state index contributed by atoms with van der Waals surface area (Å²) in [6, 6.07) is 17.4. The molecule has 1 saturated heterocycles. The fourth-order valence-electron chi connectivity index (χ4n) is 4.11. The van der Waals surface area contributed by atoms with Gasteiger partial charge < -0.3 is 14.2 Å². The van der Waals surface area contributed by atoms with Crippen molar-refractivity contribution < 1.29 is 33.4 Å². The standard InChI is InChI=1S/C28H32O7/c1-26(2,3)33-21(29)17-28(6,23(30)22-24(31)34-27(4,5)35-25(22)32)16-18-12-14-20(15-13-18)19-10-8-7-9-11-19/h7-15,22H,16-17H2,1-6H3. The number of ketones is 1. The van der Waals surface area contributed by atoms with E-state index in [2.05, 4.69) is 0 Å². The van der Waals surface area contributed by atoms with Crippen LogP contribution in [-0.2, 0) is 39.8 Å². The highest BCUT2D eigenvalue weighted by Gasteiger charge is 2.53. The summed E-state index contributed by atoms with van der Waals surface area (Å²) in [4.78, 5) is 51.6. The summed E-state index contributed by atoms with van der Waals surface area (Å²) in [6.45, 7) is 9.57. The van der Waals surface area contributed by atoms with Gasteiger partial charge in [-0.2, -0.15) is 0 Å². The number of carbonyl (C=O) groups is 4. The molecule has 0 bridgehead atoms. The van der Waals surface area contributed by atoms with Crippen molar-refractivity contribution in [3.05, 3.63) is 60.2 Å². The molecule has 35 heavy (non-hydrogen) atoms. The lowest BCUT2D eigenvalue weighted by Crippen LogP contribution is -2.53. The second-order valence-corrected chi connectivity index (χ2v) is 10.6. The van der Waals surface area contributed by atoms with Crippen LogP contribution in [0.4, 0.5) is 0 Å². The number of benzene rings is 2. The smallest absolute Gasteiger partial charge is 0.331 e. The van der Waals surface area contributed by atoms with Gasteiger partial charge in [0.1, 0.15) is 5.60 Å². The van der Waals surface area contributed by atoms with Crippen molar-refractivity contribution in [2.45, 2.75) is 65.8 Å². The summed E-state index contributed by atoms with van der Waals surface area (Å²) in [7, 11) is 0. The van der Waals surface area contributed by atoms with E-state index in [1.165, 1.54) is 13.8 Å². The predicted octanol–water partition coefficient (Wildman–Crippen LogP) is 4.66. The van der Waals surface area contributed by atoms with E-state index in [-0.39, 0.29) is 12.8 Å². The number of carbonyl (C=O) groups excluding carboxylic acids is 4. The fourth-order valence-corrected chi connectivity index (χ4v) is 4.11. The highest BCUT2D eigenvalue weighted by Crippen LogP contribution is 2.36. The van der Waals surface area contributed by atoms with E-state index in [1.54, 1.807) is 27.7 Å². The maximum Gasteiger partial charge on any atom is 0.331 e. The molecule has 0 N–H and O–H groups in total. The molecule has 0 spiro atoms. The topological polar surface area (TPSA) is 96.0 Å². The molecule has 0 saturated carbocycles. The van der Waals surface area contributed by atoms with Gasteiger partial charge in [0.15, 0.2) is 5.78 Å². The molecule has 1 atom stereocenters. The van der Waals surface area contributed by atoms with Crippen LogP contribution in [0.15, 0.2) is 54.6 Å². The molecular weight excluding hydrogens is 448 g/mol. The molecule has 1 unspecified atom stereocenters. The van der Waals surface area contributed by atoms with Crippen LogP contribution >= 0.6 is 0 Å². The predicted molar refractivity (Wildman–Crippen MR) is 129 cm³/mol. The van der Waals surface area contributed by atoms with Crippen molar-refractivity contribution in [3.8, 4) is 11.1 Å². The quantitative estimate of drug-likeness (QED) is 0.420. The van der Waals surface area contributed by atoms with Crippen LogP contribution in [0.25, 0.3) is 11.1 Å². The van der Waals surface area contributed by atoms with E-state index in [9.17, 15) is 19.2 Å². The molecule has 0 amide bonds. The number of cyclic esters (lactones) is 2. The molecule has 1 aliphatic heterocycles. The molecule has 7 nitrogen and oxygen atoms in total. The Morgan fingerprint density at radius 2 is 1.37 bits per heavy atom. The normalized spacial score (nSPS) is 17.7. The van der Waals surface area contributed by atoms with Gasteiger partial charge in [-0.15, -0.1) is 0 Å². The summed E-state index contributed by atoms with van der Waals surface area (Å²) in [6.07, 6.45) is -0.204. The minimum absolute atomic E-state index is 0.112.